The molecule has 0 aliphatic rings. The van der Waals surface area contributed by atoms with Crippen LogP contribution in [-0.4, -0.2) is 9.19 Å². The van der Waals surface area contributed by atoms with Crippen molar-refractivity contribution in [1.82, 2.24) is 9.19 Å². The zero-order chi connectivity index (χ0) is 9.10. The van der Waals surface area contributed by atoms with Crippen LogP contribution >= 0.6 is 27.9 Å². The fourth-order valence-electron chi connectivity index (χ4n) is 0.928. The van der Waals surface area contributed by atoms with Crippen LogP contribution in [0.25, 0.3) is 0 Å². The third kappa shape index (κ3) is 2.14. The van der Waals surface area contributed by atoms with Crippen molar-refractivity contribution in [3.05, 3.63) is 47.2 Å². The van der Waals surface area contributed by atoms with Gasteiger partial charge < -0.3 is 0 Å². The Morgan fingerprint density at radius 3 is 2.77 bits per heavy atom. The van der Waals surface area contributed by atoms with Gasteiger partial charge >= 0.3 is 0 Å². The van der Waals surface area contributed by atoms with Gasteiger partial charge in [-0.15, -0.1) is 0 Å². The Morgan fingerprint density at radius 1 is 1.23 bits per heavy atom. The molecule has 4 heteroatoms. The molecule has 0 bridgehead atoms. The summed E-state index contributed by atoms with van der Waals surface area (Å²) in [5.41, 5.74) is 0. The molecule has 0 fully saturated rings. The number of hydrogen-bond donors (Lipinski definition) is 0. The maximum absolute atomic E-state index is 4.11. The van der Waals surface area contributed by atoms with Crippen molar-refractivity contribution in [2.24, 2.45) is 0 Å². The van der Waals surface area contributed by atoms with Crippen molar-refractivity contribution in [2.75, 3.05) is 0 Å². The molecule has 0 unspecified atom stereocenters. The van der Waals surface area contributed by atoms with Crippen LogP contribution in [-0.2, 0) is 0 Å². The Morgan fingerprint density at radius 2 is 2.08 bits per heavy atom. The molecule has 2 aromatic rings. The van der Waals surface area contributed by atoms with E-state index in [1.54, 1.807) is 18.1 Å². The van der Waals surface area contributed by atoms with Gasteiger partial charge in [0.05, 0.1) is 0 Å². The standard InChI is InChI=1S/C9H7BrN2S/c10-8-4-1-2-5-9(8)13-12-7-3-6-11-12/h1-7H. The Bertz CT molecular complexity index is 386. The van der Waals surface area contributed by atoms with Crippen LogP contribution in [0.3, 0.4) is 0 Å². The van der Waals surface area contributed by atoms with E-state index in [9.17, 15) is 0 Å². The summed E-state index contributed by atoms with van der Waals surface area (Å²) in [5.74, 6) is 0. The lowest BCUT2D eigenvalue weighted by Crippen LogP contribution is -1.86. The lowest BCUT2D eigenvalue weighted by Gasteiger charge is -2.01. The molecule has 66 valence electrons. The van der Waals surface area contributed by atoms with E-state index in [1.807, 2.05) is 34.5 Å². The fraction of sp³-hybridized carbons (Fsp3) is 0. The Balaban J connectivity index is 2.24. The summed E-state index contributed by atoms with van der Waals surface area (Å²) in [6.45, 7) is 0. The molecule has 1 aromatic heterocycles. The predicted molar refractivity (Wildman–Crippen MR) is 57.6 cm³/mol. The number of benzene rings is 1. The highest BCUT2D eigenvalue weighted by atomic mass is 79.9. The summed E-state index contributed by atoms with van der Waals surface area (Å²) in [5, 5.41) is 4.11. The highest BCUT2D eigenvalue weighted by Crippen LogP contribution is 2.27. The Labute approximate surface area is 89.2 Å². The van der Waals surface area contributed by atoms with Crippen LogP contribution in [0.1, 0.15) is 0 Å². The number of aromatic nitrogens is 2. The van der Waals surface area contributed by atoms with Crippen LogP contribution in [0.15, 0.2) is 52.1 Å². The fourth-order valence-corrected chi connectivity index (χ4v) is 2.16. The van der Waals surface area contributed by atoms with Crippen molar-refractivity contribution in [3.8, 4) is 0 Å². The third-order valence-electron chi connectivity index (χ3n) is 1.51. The first-order valence-corrected chi connectivity index (χ1v) is 5.35. The summed E-state index contributed by atoms with van der Waals surface area (Å²) in [7, 11) is 0. The summed E-state index contributed by atoms with van der Waals surface area (Å²) in [4.78, 5) is 1.16. The normalized spacial score (nSPS) is 10.2. The number of rotatable bonds is 2. The van der Waals surface area contributed by atoms with E-state index < -0.39 is 0 Å². The van der Waals surface area contributed by atoms with Crippen LogP contribution in [0.2, 0.25) is 0 Å². The van der Waals surface area contributed by atoms with Crippen LogP contribution in [0.5, 0.6) is 0 Å². The van der Waals surface area contributed by atoms with Gasteiger partial charge in [0.25, 0.3) is 0 Å². The van der Waals surface area contributed by atoms with Gasteiger partial charge in [0, 0.05) is 33.7 Å². The second-order valence-electron chi connectivity index (χ2n) is 2.43. The van der Waals surface area contributed by atoms with Crippen LogP contribution in [0.4, 0.5) is 0 Å². The predicted octanol–water partition coefficient (Wildman–Crippen LogP) is 3.20. The van der Waals surface area contributed by atoms with Crippen LogP contribution < -0.4 is 0 Å². The summed E-state index contributed by atoms with van der Waals surface area (Å²) < 4.78 is 2.91. The molecule has 0 radical (unpaired) electrons. The number of hydrogen-bond acceptors (Lipinski definition) is 2. The highest BCUT2D eigenvalue weighted by molar-refractivity contribution is 9.10. The molecule has 13 heavy (non-hydrogen) atoms. The minimum Gasteiger partial charge on any atom is -0.209 e. The third-order valence-corrected chi connectivity index (χ3v) is 3.42. The van der Waals surface area contributed by atoms with Crippen molar-refractivity contribution < 1.29 is 0 Å². The molecule has 1 aromatic carbocycles. The van der Waals surface area contributed by atoms with Crippen molar-refractivity contribution in [1.29, 1.82) is 0 Å². The van der Waals surface area contributed by atoms with E-state index in [0.29, 0.717) is 0 Å². The van der Waals surface area contributed by atoms with E-state index in [-0.39, 0.29) is 0 Å². The van der Waals surface area contributed by atoms with Gasteiger partial charge in [0.1, 0.15) is 0 Å². The molecule has 0 aliphatic carbocycles. The van der Waals surface area contributed by atoms with Crippen molar-refractivity contribution >= 4 is 27.9 Å². The monoisotopic (exact) mass is 254 g/mol. The van der Waals surface area contributed by atoms with E-state index in [4.69, 9.17) is 0 Å². The van der Waals surface area contributed by atoms with Crippen LogP contribution in [0, 0.1) is 0 Å². The first-order valence-electron chi connectivity index (χ1n) is 3.79. The average Bonchev–Trinajstić information content (AvgIpc) is 2.61. The quantitative estimate of drug-likeness (QED) is 0.820. The second kappa shape index (κ2) is 3.98. The first-order chi connectivity index (χ1) is 6.36. The summed E-state index contributed by atoms with van der Waals surface area (Å²) in [6, 6.07) is 9.99. The molecule has 2 nitrogen and oxygen atoms in total. The molecule has 0 N–H and O–H groups in total. The lowest BCUT2D eigenvalue weighted by molar-refractivity contribution is 1.01. The molecule has 1 heterocycles. The largest absolute Gasteiger partial charge is 0.209 e. The topological polar surface area (TPSA) is 17.8 Å². The van der Waals surface area contributed by atoms with Crippen molar-refractivity contribution in [2.45, 2.75) is 4.90 Å². The molecular weight excluding hydrogens is 248 g/mol. The molecule has 0 saturated heterocycles. The minimum atomic E-state index is 1.09. The second-order valence-corrected chi connectivity index (χ2v) is 4.28. The van der Waals surface area contributed by atoms with Gasteiger partial charge in [-0.25, -0.2) is 4.09 Å². The molecule has 0 atom stereocenters. The smallest absolute Gasteiger partial charge is 0.0500 e. The van der Waals surface area contributed by atoms with E-state index in [0.717, 1.165) is 9.37 Å². The van der Waals surface area contributed by atoms with E-state index in [1.165, 1.54) is 0 Å². The number of nitrogens with zero attached hydrogens (tertiary/aromatic N) is 2. The maximum atomic E-state index is 4.11. The van der Waals surface area contributed by atoms with Gasteiger partial charge in [-0.05, 0) is 34.1 Å². The summed E-state index contributed by atoms with van der Waals surface area (Å²) >= 11 is 5.06. The lowest BCUT2D eigenvalue weighted by atomic mass is 10.4. The van der Waals surface area contributed by atoms with Crippen molar-refractivity contribution in [3.63, 3.8) is 0 Å². The zero-order valence-electron chi connectivity index (χ0n) is 6.72. The van der Waals surface area contributed by atoms with Gasteiger partial charge in [-0.2, -0.15) is 5.10 Å². The van der Waals surface area contributed by atoms with Gasteiger partial charge in [0.2, 0.25) is 0 Å². The Hall–Kier alpha value is -0.740. The maximum Gasteiger partial charge on any atom is 0.0500 e. The van der Waals surface area contributed by atoms with E-state index in [2.05, 4.69) is 27.1 Å². The molecule has 0 spiro atoms. The van der Waals surface area contributed by atoms with E-state index >= 15 is 0 Å². The Kier molecular flexibility index (Phi) is 2.71. The molecule has 0 amide bonds. The molecule has 2 rings (SSSR count). The minimum absolute atomic E-state index is 1.09. The first kappa shape index (κ1) is 8.84. The van der Waals surface area contributed by atoms with Gasteiger partial charge in [-0.1, -0.05) is 12.1 Å². The molecule has 0 saturated carbocycles. The SMILES string of the molecule is Brc1ccccc1Sn1cccn1. The molecular formula is C9H7BrN2S. The molecule has 0 aliphatic heterocycles. The average molecular weight is 255 g/mol. The zero-order valence-corrected chi connectivity index (χ0v) is 9.12. The van der Waals surface area contributed by atoms with Gasteiger partial charge in [0.15, 0.2) is 0 Å². The highest BCUT2D eigenvalue weighted by Gasteiger charge is 1.99. The number of halogens is 1. The van der Waals surface area contributed by atoms with Gasteiger partial charge in [-0.3, -0.25) is 0 Å². The summed E-state index contributed by atoms with van der Waals surface area (Å²) in [6.07, 6.45) is 3.69.